The van der Waals surface area contributed by atoms with Gasteiger partial charge in [0.1, 0.15) is 0 Å². The van der Waals surface area contributed by atoms with E-state index in [0.29, 0.717) is 0 Å². The van der Waals surface area contributed by atoms with Gasteiger partial charge in [0, 0.05) is 17.1 Å². The highest BCUT2D eigenvalue weighted by Gasteiger charge is 2.15. The second-order valence-electron chi connectivity index (χ2n) is 17.4. The fourth-order valence-electron chi connectivity index (χ4n) is 9.57. The van der Waals surface area contributed by atoms with Crippen molar-refractivity contribution < 1.29 is 0 Å². The summed E-state index contributed by atoms with van der Waals surface area (Å²) in [5.74, 6) is 0. The van der Waals surface area contributed by atoms with Gasteiger partial charge in [-0.3, -0.25) is 0 Å². The van der Waals surface area contributed by atoms with E-state index in [1.54, 1.807) is 0 Å². The molecule has 1 nitrogen and oxygen atoms in total. The van der Waals surface area contributed by atoms with E-state index >= 15 is 0 Å². The molecule has 0 spiro atoms. The van der Waals surface area contributed by atoms with Crippen LogP contribution in [-0.4, -0.2) is 0 Å². The Kier molecular flexibility index (Phi) is 10.3. The number of benzene rings is 12. The first-order chi connectivity index (χ1) is 33.1. The maximum atomic E-state index is 2.36. The fourth-order valence-corrected chi connectivity index (χ4v) is 9.57. The maximum Gasteiger partial charge on any atom is 0.0462 e. The van der Waals surface area contributed by atoms with Crippen molar-refractivity contribution in [2.24, 2.45) is 0 Å². The van der Waals surface area contributed by atoms with Crippen molar-refractivity contribution in [3.05, 3.63) is 273 Å². The zero-order chi connectivity index (χ0) is 44.5. The van der Waals surface area contributed by atoms with Crippen molar-refractivity contribution in [3.63, 3.8) is 0 Å². The van der Waals surface area contributed by atoms with Gasteiger partial charge in [0.05, 0.1) is 0 Å². The van der Waals surface area contributed by atoms with Gasteiger partial charge in [0.2, 0.25) is 0 Å². The lowest BCUT2D eigenvalue weighted by Crippen LogP contribution is -2.09. The summed E-state index contributed by atoms with van der Waals surface area (Å²) in [7, 11) is 0. The monoisotopic (exact) mass is 851 g/mol. The molecule has 0 bridgehead atoms. The van der Waals surface area contributed by atoms with Crippen LogP contribution in [0.3, 0.4) is 0 Å². The van der Waals surface area contributed by atoms with Crippen LogP contribution < -0.4 is 4.90 Å². The van der Waals surface area contributed by atoms with Crippen LogP contribution in [0, 0.1) is 0 Å². The molecule has 0 unspecified atom stereocenters. The average molecular weight is 852 g/mol. The second-order valence-corrected chi connectivity index (χ2v) is 17.4. The maximum absolute atomic E-state index is 2.36. The largest absolute Gasteiger partial charge is 0.311 e. The Hall–Kier alpha value is -8.78. The highest BCUT2D eigenvalue weighted by Crippen LogP contribution is 2.39. The molecule has 12 rings (SSSR count). The molecule has 0 aromatic heterocycles. The normalized spacial score (nSPS) is 11.3. The lowest BCUT2D eigenvalue weighted by Gasteiger charge is -2.26. The van der Waals surface area contributed by atoms with Gasteiger partial charge in [0.25, 0.3) is 0 Å². The van der Waals surface area contributed by atoms with Crippen molar-refractivity contribution in [2.45, 2.75) is 0 Å². The quantitative estimate of drug-likeness (QED) is 0.140. The minimum absolute atomic E-state index is 1.09. The van der Waals surface area contributed by atoms with Gasteiger partial charge in [-0.2, -0.15) is 0 Å². The summed E-state index contributed by atoms with van der Waals surface area (Å²) >= 11 is 0. The highest BCUT2D eigenvalue weighted by molar-refractivity contribution is 5.94. The summed E-state index contributed by atoms with van der Waals surface area (Å²) in [5, 5.41) is 7.40. The van der Waals surface area contributed by atoms with Crippen LogP contribution in [0.25, 0.3) is 99.1 Å². The molecule has 314 valence electrons. The number of fused-ring (bicyclic) bond motifs is 3. The van der Waals surface area contributed by atoms with Gasteiger partial charge < -0.3 is 4.90 Å². The van der Waals surface area contributed by atoms with Gasteiger partial charge in [0.15, 0.2) is 0 Å². The van der Waals surface area contributed by atoms with E-state index in [4.69, 9.17) is 0 Å². The molecule has 0 fully saturated rings. The Bertz CT molecular complexity index is 3290. The van der Waals surface area contributed by atoms with E-state index in [0.717, 1.165) is 17.1 Å². The summed E-state index contributed by atoms with van der Waals surface area (Å²) in [4.78, 5) is 2.36. The average Bonchev–Trinajstić information content (AvgIpc) is 3.41. The number of anilines is 3. The zero-order valence-corrected chi connectivity index (χ0v) is 36.9. The SMILES string of the molecule is c1ccc(-c2ccc3ccc(-c4ccc(N(c5ccc(-c6ccc7ccc(-c8ccccc8)cc7c6)cc5)c5ccc(-c6ccc7ccc(-c8ccccc8)cc7c6)cc5)cc4)cc3c2)cc1. The van der Waals surface area contributed by atoms with Crippen LogP contribution >= 0.6 is 0 Å². The van der Waals surface area contributed by atoms with Crippen LogP contribution in [0.5, 0.6) is 0 Å². The van der Waals surface area contributed by atoms with Crippen LogP contribution in [0.15, 0.2) is 273 Å². The number of hydrogen-bond acceptors (Lipinski definition) is 1. The minimum Gasteiger partial charge on any atom is -0.311 e. The molecule has 1 heteroatoms. The van der Waals surface area contributed by atoms with Crippen molar-refractivity contribution in [1.29, 1.82) is 0 Å². The van der Waals surface area contributed by atoms with Crippen molar-refractivity contribution in [1.82, 2.24) is 0 Å². The van der Waals surface area contributed by atoms with Crippen molar-refractivity contribution >= 4 is 49.4 Å². The topological polar surface area (TPSA) is 3.24 Å². The first kappa shape index (κ1) is 39.8. The third-order valence-corrected chi connectivity index (χ3v) is 13.2. The van der Waals surface area contributed by atoms with E-state index in [2.05, 4.69) is 278 Å². The molecule has 67 heavy (non-hydrogen) atoms. The molecule has 12 aromatic rings. The van der Waals surface area contributed by atoms with Crippen LogP contribution in [0.1, 0.15) is 0 Å². The highest BCUT2D eigenvalue weighted by atomic mass is 15.1. The van der Waals surface area contributed by atoms with E-state index in [1.807, 2.05) is 0 Å². The van der Waals surface area contributed by atoms with E-state index < -0.39 is 0 Å². The smallest absolute Gasteiger partial charge is 0.0462 e. The second kappa shape index (κ2) is 17.3. The molecule has 0 aliphatic rings. The molecule has 0 atom stereocenters. The molecule has 0 radical (unpaired) electrons. The molecule has 0 amide bonds. The Morgan fingerprint density at radius 3 is 0.567 bits per heavy atom. The molecular weight excluding hydrogens is 807 g/mol. The minimum atomic E-state index is 1.09. The Balaban J connectivity index is 0.888. The Labute approximate surface area is 392 Å². The third kappa shape index (κ3) is 8.05. The number of hydrogen-bond donors (Lipinski definition) is 0. The Morgan fingerprint density at radius 1 is 0.149 bits per heavy atom. The lowest BCUT2D eigenvalue weighted by molar-refractivity contribution is 1.28. The predicted octanol–water partition coefficient (Wildman–Crippen LogP) is 18.6. The van der Waals surface area contributed by atoms with Gasteiger partial charge in [-0.15, -0.1) is 0 Å². The molecule has 0 saturated carbocycles. The van der Waals surface area contributed by atoms with Crippen molar-refractivity contribution in [2.75, 3.05) is 4.90 Å². The number of rotatable bonds is 9. The van der Waals surface area contributed by atoms with E-state index in [-0.39, 0.29) is 0 Å². The molecule has 0 aliphatic heterocycles. The number of nitrogens with zero attached hydrogens (tertiary/aromatic N) is 1. The van der Waals surface area contributed by atoms with Gasteiger partial charge in [-0.1, -0.05) is 200 Å². The van der Waals surface area contributed by atoms with E-state index in [1.165, 1.54) is 99.1 Å². The molecule has 0 aliphatic carbocycles. The molecule has 12 aromatic carbocycles. The predicted molar refractivity (Wildman–Crippen MR) is 286 cm³/mol. The summed E-state index contributed by atoms with van der Waals surface area (Å²) in [6.07, 6.45) is 0. The summed E-state index contributed by atoms with van der Waals surface area (Å²) in [6, 6.07) is 99.5. The Morgan fingerprint density at radius 2 is 0.343 bits per heavy atom. The van der Waals surface area contributed by atoms with Gasteiger partial charge in [-0.05, 0) is 172 Å². The van der Waals surface area contributed by atoms with Crippen LogP contribution in [0.2, 0.25) is 0 Å². The standard InChI is InChI=1S/C66H45N/c1-4-10-46(11-5-1)55-22-16-52-19-25-58(43-61(52)40-55)49-28-34-64(35-29-49)67(65-36-30-50(31-37-65)59-26-20-53-17-23-56(41-62(53)44-59)47-12-6-2-7-13-47)66-38-32-51(33-39-66)60-27-21-54-18-24-57(42-63(54)45-60)48-14-8-3-9-15-48/h1-45H. The molecule has 0 saturated heterocycles. The zero-order valence-electron chi connectivity index (χ0n) is 36.9. The summed E-state index contributed by atoms with van der Waals surface area (Å²) in [6.45, 7) is 0. The molecular formula is C66H45N. The molecule has 0 heterocycles. The fraction of sp³-hybridized carbons (Fsp3) is 0. The first-order valence-electron chi connectivity index (χ1n) is 23.0. The first-order valence-corrected chi connectivity index (χ1v) is 23.0. The third-order valence-electron chi connectivity index (χ3n) is 13.2. The summed E-state index contributed by atoms with van der Waals surface area (Å²) < 4.78 is 0. The van der Waals surface area contributed by atoms with E-state index in [9.17, 15) is 0 Å². The van der Waals surface area contributed by atoms with Crippen LogP contribution in [0.4, 0.5) is 17.1 Å². The summed E-state index contributed by atoms with van der Waals surface area (Å²) in [5.41, 5.74) is 17.8. The van der Waals surface area contributed by atoms with Crippen LogP contribution in [-0.2, 0) is 0 Å². The lowest BCUT2D eigenvalue weighted by atomic mass is 9.97. The van der Waals surface area contributed by atoms with Crippen molar-refractivity contribution in [3.8, 4) is 66.8 Å². The van der Waals surface area contributed by atoms with Gasteiger partial charge >= 0.3 is 0 Å². The molecule has 0 N–H and O–H groups in total. The van der Waals surface area contributed by atoms with Gasteiger partial charge in [-0.25, -0.2) is 0 Å².